The van der Waals surface area contributed by atoms with Crippen molar-refractivity contribution in [3.05, 3.63) is 72.9 Å². The van der Waals surface area contributed by atoms with Crippen LogP contribution in [0.1, 0.15) is 149 Å². The lowest BCUT2D eigenvalue weighted by Gasteiger charge is -2.20. The van der Waals surface area contributed by atoms with Gasteiger partial charge in [-0.25, -0.2) is 4.57 Å². The number of ether oxygens (including phenoxy) is 2. The van der Waals surface area contributed by atoms with E-state index in [1.54, 1.807) is 12.2 Å². The number of carbonyl (C=O) groups is 2. The molecule has 12 heteroatoms. The molecule has 2 unspecified atom stereocenters. The molecule has 0 aliphatic rings. The Morgan fingerprint density at radius 1 is 0.625 bits per heavy atom. The molecule has 0 spiro atoms. The van der Waals surface area contributed by atoms with Crippen molar-refractivity contribution in [1.29, 1.82) is 0 Å². The van der Waals surface area contributed by atoms with Crippen molar-refractivity contribution < 1.29 is 52.9 Å². The molecule has 11 nitrogen and oxygen atoms in total. The number of hydrogen-bond donors (Lipinski definition) is 4. The Morgan fingerprint density at radius 3 is 1.82 bits per heavy atom. The molecule has 0 saturated heterocycles. The van der Waals surface area contributed by atoms with Crippen molar-refractivity contribution in [2.75, 3.05) is 26.4 Å². The second kappa shape index (κ2) is 39.2. The van der Waals surface area contributed by atoms with E-state index in [-0.39, 0.29) is 12.8 Å². The summed E-state index contributed by atoms with van der Waals surface area (Å²) in [6, 6.07) is 0. The Morgan fingerprint density at radius 2 is 1.18 bits per heavy atom. The first kappa shape index (κ1) is 53.4. The molecule has 0 aromatic carbocycles. The van der Waals surface area contributed by atoms with Crippen molar-refractivity contribution in [3.63, 3.8) is 0 Å². The minimum atomic E-state index is -4.67. The third-order valence-electron chi connectivity index (χ3n) is 8.45. The fraction of sp³-hybridized carbons (Fsp3) is 0.682. The molecule has 56 heavy (non-hydrogen) atoms. The summed E-state index contributed by atoms with van der Waals surface area (Å²) < 4.78 is 32.5. The highest BCUT2D eigenvalue weighted by molar-refractivity contribution is 7.47. The van der Waals surface area contributed by atoms with Crippen LogP contribution in [0.25, 0.3) is 0 Å². The lowest BCUT2D eigenvalue weighted by molar-refractivity contribution is -0.161. The molecule has 0 fully saturated rings. The van der Waals surface area contributed by atoms with E-state index >= 15 is 0 Å². The number of esters is 2. The molecular formula is C44H75O11P. The summed E-state index contributed by atoms with van der Waals surface area (Å²) in [5, 5.41) is 28.6. The average molecular weight is 811 g/mol. The largest absolute Gasteiger partial charge is 0.472 e. The summed E-state index contributed by atoms with van der Waals surface area (Å²) in [6.07, 6.45) is 40.4. The summed E-state index contributed by atoms with van der Waals surface area (Å²) in [4.78, 5) is 35.0. The minimum absolute atomic E-state index is 0.0100. The number of allylic oxidation sites excluding steroid dienone is 11. The zero-order valence-corrected chi connectivity index (χ0v) is 35.3. The quantitative estimate of drug-likeness (QED) is 0.0154. The zero-order chi connectivity index (χ0) is 41.4. The number of hydrogen-bond acceptors (Lipinski definition) is 10. The van der Waals surface area contributed by atoms with E-state index < -0.39 is 64.5 Å². The predicted octanol–water partition coefficient (Wildman–Crippen LogP) is 9.86. The average Bonchev–Trinajstić information content (AvgIpc) is 3.18. The van der Waals surface area contributed by atoms with Gasteiger partial charge in [0.25, 0.3) is 0 Å². The Labute approximate surface area is 338 Å². The van der Waals surface area contributed by atoms with E-state index in [0.717, 1.165) is 64.2 Å². The van der Waals surface area contributed by atoms with E-state index in [1.807, 2.05) is 12.2 Å². The van der Waals surface area contributed by atoms with Crippen LogP contribution in [0, 0.1) is 0 Å². The van der Waals surface area contributed by atoms with Crippen LogP contribution in [0.2, 0.25) is 0 Å². The summed E-state index contributed by atoms with van der Waals surface area (Å²) in [6.45, 7) is 2.00. The van der Waals surface area contributed by atoms with Crippen LogP contribution >= 0.6 is 7.82 Å². The number of aliphatic hydroxyl groups is 3. The number of phosphoric acid groups is 1. The van der Waals surface area contributed by atoms with Crippen LogP contribution in [0.4, 0.5) is 0 Å². The molecule has 0 aromatic rings. The first-order valence-electron chi connectivity index (χ1n) is 21.0. The molecular weight excluding hydrogens is 735 g/mol. The van der Waals surface area contributed by atoms with Crippen LogP contribution in [0.15, 0.2) is 72.9 Å². The molecule has 0 aliphatic carbocycles. The van der Waals surface area contributed by atoms with E-state index in [2.05, 4.69) is 67.0 Å². The maximum atomic E-state index is 12.6. The summed E-state index contributed by atoms with van der Waals surface area (Å²) >= 11 is 0. The Bertz CT molecular complexity index is 1180. The first-order valence-corrected chi connectivity index (χ1v) is 22.5. The molecule has 0 bridgehead atoms. The lowest BCUT2D eigenvalue weighted by atomic mass is 10.1. The van der Waals surface area contributed by atoms with Crippen molar-refractivity contribution in [1.82, 2.24) is 0 Å². The SMILES string of the molecule is CC/C=C\C/C=C\C/C=C\CCCCCCCC(=O)O[C@H](COC(=O)CCCC(O)/C=C/C=C/C/C=C/CCCCCCCC)COP(=O)(O)OC[C@@H](O)CO. The van der Waals surface area contributed by atoms with E-state index in [4.69, 9.17) is 19.1 Å². The Kier molecular flexibility index (Phi) is 37.4. The number of rotatable bonds is 38. The van der Waals surface area contributed by atoms with Crippen molar-refractivity contribution in [2.24, 2.45) is 0 Å². The van der Waals surface area contributed by atoms with Crippen molar-refractivity contribution in [2.45, 2.75) is 167 Å². The van der Waals surface area contributed by atoms with Gasteiger partial charge in [-0.1, -0.05) is 138 Å². The van der Waals surface area contributed by atoms with Gasteiger partial charge in [-0.2, -0.15) is 0 Å². The van der Waals surface area contributed by atoms with Gasteiger partial charge in [0.2, 0.25) is 0 Å². The molecule has 0 aliphatic heterocycles. The third-order valence-corrected chi connectivity index (χ3v) is 9.40. The predicted molar refractivity (Wildman–Crippen MR) is 225 cm³/mol. The van der Waals surface area contributed by atoms with E-state index in [9.17, 15) is 29.3 Å². The highest BCUT2D eigenvalue weighted by Gasteiger charge is 2.27. The fourth-order valence-corrected chi connectivity index (χ4v) is 5.98. The van der Waals surface area contributed by atoms with Crippen LogP contribution in [-0.4, -0.2) is 76.9 Å². The molecule has 0 rings (SSSR count). The monoisotopic (exact) mass is 811 g/mol. The maximum absolute atomic E-state index is 12.6. The third kappa shape index (κ3) is 38.3. The number of phosphoric ester groups is 1. The topological polar surface area (TPSA) is 169 Å². The zero-order valence-electron chi connectivity index (χ0n) is 34.4. The molecule has 0 radical (unpaired) electrons. The van der Waals surface area contributed by atoms with Gasteiger partial charge in [0.15, 0.2) is 6.10 Å². The first-order chi connectivity index (χ1) is 27.1. The van der Waals surface area contributed by atoms with E-state index in [0.29, 0.717) is 19.3 Å². The molecule has 0 heterocycles. The molecule has 0 amide bonds. The van der Waals surface area contributed by atoms with Gasteiger partial charge in [0.1, 0.15) is 12.7 Å². The van der Waals surface area contributed by atoms with Crippen LogP contribution in [0.3, 0.4) is 0 Å². The van der Waals surface area contributed by atoms with Gasteiger partial charge in [0, 0.05) is 12.8 Å². The van der Waals surface area contributed by atoms with Crippen molar-refractivity contribution in [3.8, 4) is 0 Å². The highest BCUT2D eigenvalue weighted by Crippen LogP contribution is 2.43. The second-order valence-electron chi connectivity index (χ2n) is 13.8. The molecule has 322 valence electrons. The maximum Gasteiger partial charge on any atom is 0.472 e. The van der Waals surface area contributed by atoms with Gasteiger partial charge < -0.3 is 29.7 Å². The summed E-state index contributed by atoms with van der Waals surface area (Å²) in [5.74, 6) is -1.15. The van der Waals surface area contributed by atoms with Crippen LogP contribution in [-0.2, 0) is 32.7 Å². The minimum Gasteiger partial charge on any atom is -0.462 e. The summed E-state index contributed by atoms with van der Waals surface area (Å²) in [5.41, 5.74) is 0. The number of carbonyl (C=O) groups excluding carboxylic acids is 2. The van der Waals surface area contributed by atoms with Gasteiger partial charge in [-0.15, -0.1) is 0 Å². The van der Waals surface area contributed by atoms with Crippen LogP contribution in [0.5, 0.6) is 0 Å². The smallest absolute Gasteiger partial charge is 0.462 e. The molecule has 0 saturated carbocycles. The molecule has 4 N–H and O–H groups in total. The van der Waals surface area contributed by atoms with Gasteiger partial charge in [-0.05, 0) is 70.6 Å². The number of unbranched alkanes of at least 4 members (excludes halogenated alkanes) is 11. The Balaban J connectivity index is 4.54. The van der Waals surface area contributed by atoms with Gasteiger partial charge in [0.05, 0.1) is 25.9 Å². The lowest BCUT2D eigenvalue weighted by Crippen LogP contribution is -2.30. The normalized spacial score (nSPS) is 15.2. The van der Waals surface area contributed by atoms with E-state index in [1.165, 1.54) is 38.5 Å². The number of aliphatic hydroxyl groups excluding tert-OH is 3. The Hall–Kier alpha value is -2.63. The molecule has 4 atom stereocenters. The van der Waals surface area contributed by atoms with Gasteiger partial charge >= 0.3 is 19.8 Å². The van der Waals surface area contributed by atoms with Gasteiger partial charge in [-0.3, -0.25) is 18.6 Å². The standard InChI is InChI=1S/C44H75O11P/c1-3-5-7-9-11-13-15-17-18-20-22-24-26-28-30-34-44(49)55-42(39-54-56(50,51)53-37-41(47)36-45)38-52-43(48)35-31-33-40(46)32-29-27-25-23-21-19-16-14-12-10-8-6-4-2/h5,7,11,13,17-19,21,25,27,29,32,40-42,45-47H,3-4,6,8-10,12,14-16,20,22-24,26,28,30-31,33-39H2,1-2H3,(H,50,51)/b7-5-,13-11-,18-17-,21-19+,27-25+,32-29+/t40?,41-,42+/m0/s1. The summed E-state index contributed by atoms with van der Waals surface area (Å²) in [7, 11) is -4.67. The second-order valence-corrected chi connectivity index (χ2v) is 15.3. The van der Waals surface area contributed by atoms with Crippen molar-refractivity contribution >= 4 is 19.8 Å². The molecule has 0 aromatic heterocycles. The van der Waals surface area contributed by atoms with Crippen LogP contribution < -0.4 is 0 Å². The highest BCUT2D eigenvalue weighted by atomic mass is 31.2. The fourth-order valence-electron chi connectivity index (χ4n) is 5.19.